The van der Waals surface area contributed by atoms with Crippen molar-refractivity contribution in [3.05, 3.63) is 46.7 Å². The Bertz CT molecular complexity index is 793. The highest BCUT2D eigenvalue weighted by atomic mass is 32.2. The Kier molecular flexibility index (Phi) is 5.88. The van der Waals surface area contributed by atoms with Gasteiger partial charge in [-0.2, -0.15) is 4.31 Å². The highest BCUT2D eigenvalue weighted by Gasteiger charge is 2.26. The van der Waals surface area contributed by atoms with Crippen LogP contribution in [0.15, 0.2) is 46.7 Å². The summed E-state index contributed by atoms with van der Waals surface area (Å²) < 4.78 is 26.4. The molecule has 0 aliphatic carbocycles. The van der Waals surface area contributed by atoms with Crippen LogP contribution in [0.2, 0.25) is 0 Å². The minimum absolute atomic E-state index is 0.0493. The Morgan fingerprint density at radius 2 is 1.84 bits per heavy atom. The number of carbonyl (C=O) groups is 1. The molecule has 1 aromatic heterocycles. The first kappa shape index (κ1) is 18.1. The van der Waals surface area contributed by atoms with Crippen LogP contribution in [0.4, 0.5) is 5.69 Å². The second-order valence-corrected chi connectivity index (χ2v) is 9.09. The van der Waals surface area contributed by atoms with E-state index < -0.39 is 10.0 Å². The number of amides is 1. The first-order valence-electron chi connectivity index (χ1n) is 8.48. The molecule has 7 heteroatoms. The van der Waals surface area contributed by atoms with Crippen molar-refractivity contribution in [2.24, 2.45) is 0 Å². The lowest BCUT2D eigenvalue weighted by molar-refractivity contribution is -0.116. The fourth-order valence-corrected chi connectivity index (χ4v) is 5.16. The van der Waals surface area contributed by atoms with Gasteiger partial charge in [0.05, 0.1) is 4.90 Å². The first-order valence-corrected chi connectivity index (χ1v) is 10.8. The Morgan fingerprint density at radius 3 is 2.48 bits per heavy atom. The van der Waals surface area contributed by atoms with Crippen LogP contribution >= 0.6 is 11.3 Å². The third-order valence-corrected chi connectivity index (χ3v) is 7.10. The standard InChI is InChI=1S/C18H22N2O3S2/c21-18(7-3-5-16-6-4-14-24-16)19-15-8-10-17(11-9-15)25(22,23)20-12-1-2-13-20/h4,6,8-11,14H,1-3,5,7,12-13H2,(H,19,21). The van der Waals surface area contributed by atoms with Crippen LogP contribution in [-0.4, -0.2) is 31.7 Å². The molecule has 25 heavy (non-hydrogen) atoms. The highest BCUT2D eigenvalue weighted by Crippen LogP contribution is 2.22. The Labute approximate surface area is 152 Å². The van der Waals surface area contributed by atoms with E-state index in [1.54, 1.807) is 35.6 Å². The fraction of sp³-hybridized carbons (Fsp3) is 0.389. The van der Waals surface area contributed by atoms with Gasteiger partial charge < -0.3 is 5.32 Å². The zero-order valence-electron chi connectivity index (χ0n) is 14.0. The molecule has 0 saturated carbocycles. The van der Waals surface area contributed by atoms with Gasteiger partial charge in [-0.1, -0.05) is 6.07 Å². The van der Waals surface area contributed by atoms with Crippen LogP contribution in [-0.2, 0) is 21.2 Å². The molecule has 5 nitrogen and oxygen atoms in total. The second-order valence-electron chi connectivity index (χ2n) is 6.12. The van der Waals surface area contributed by atoms with Crippen molar-refractivity contribution in [1.29, 1.82) is 0 Å². The van der Waals surface area contributed by atoms with Gasteiger partial charge in [-0.3, -0.25) is 4.79 Å². The number of thiophene rings is 1. The normalized spacial score (nSPS) is 15.4. The molecular weight excluding hydrogens is 356 g/mol. The Balaban J connectivity index is 1.52. The third kappa shape index (κ3) is 4.68. The molecule has 1 aliphatic heterocycles. The number of hydrogen-bond donors (Lipinski definition) is 1. The Morgan fingerprint density at radius 1 is 1.12 bits per heavy atom. The highest BCUT2D eigenvalue weighted by molar-refractivity contribution is 7.89. The first-order chi connectivity index (χ1) is 12.1. The van der Waals surface area contributed by atoms with E-state index in [1.165, 1.54) is 9.18 Å². The number of nitrogens with one attached hydrogen (secondary N) is 1. The zero-order valence-corrected chi connectivity index (χ0v) is 15.6. The van der Waals surface area contributed by atoms with Crippen LogP contribution in [0.1, 0.15) is 30.6 Å². The van der Waals surface area contributed by atoms with E-state index in [0.29, 0.717) is 25.2 Å². The maximum Gasteiger partial charge on any atom is 0.243 e. The smallest absolute Gasteiger partial charge is 0.243 e. The average Bonchev–Trinajstić information content (AvgIpc) is 3.29. The van der Waals surface area contributed by atoms with Crippen LogP contribution in [0, 0.1) is 0 Å². The largest absolute Gasteiger partial charge is 0.326 e. The monoisotopic (exact) mass is 378 g/mol. The lowest BCUT2D eigenvalue weighted by Crippen LogP contribution is -2.27. The maximum atomic E-state index is 12.5. The minimum Gasteiger partial charge on any atom is -0.326 e. The SMILES string of the molecule is O=C(CCCc1cccs1)Nc1ccc(S(=O)(=O)N2CCCC2)cc1. The molecule has 1 fully saturated rings. The lowest BCUT2D eigenvalue weighted by atomic mass is 10.2. The fourth-order valence-electron chi connectivity index (χ4n) is 2.89. The van der Waals surface area contributed by atoms with Crippen molar-refractivity contribution in [2.75, 3.05) is 18.4 Å². The molecule has 1 amide bonds. The number of sulfonamides is 1. The number of rotatable bonds is 7. The van der Waals surface area contributed by atoms with Gasteiger partial charge in [0.2, 0.25) is 15.9 Å². The van der Waals surface area contributed by atoms with Crippen LogP contribution < -0.4 is 5.32 Å². The van der Waals surface area contributed by atoms with Crippen molar-refractivity contribution < 1.29 is 13.2 Å². The van der Waals surface area contributed by atoms with Crippen molar-refractivity contribution >= 4 is 33.0 Å². The number of benzene rings is 1. The summed E-state index contributed by atoms with van der Waals surface area (Å²) in [6.45, 7) is 1.18. The second kappa shape index (κ2) is 8.12. The van der Waals surface area contributed by atoms with Gasteiger partial charge in [-0.15, -0.1) is 11.3 Å². The third-order valence-electron chi connectivity index (χ3n) is 4.25. The van der Waals surface area contributed by atoms with E-state index in [1.807, 2.05) is 11.4 Å². The van der Waals surface area contributed by atoms with Gasteiger partial charge in [0.25, 0.3) is 0 Å². The Hall–Kier alpha value is -1.70. The van der Waals surface area contributed by atoms with Gasteiger partial charge in [-0.25, -0.2) is 8.42 Å². The molecule has 0 atom stereocenters. The predicted molar refractivity (Wildman–Crippen MR) is 100 cm³/mol. The van der Waals surface area contributed by atoms with E-state index in [4.69, 9.17) is 0 Å². The van der Waals surface area contributed by atoms with Gasteiger partial charge in [0, 0.05) is 30.1 Å². The minimum atomic E-state index is -3.40. The summed E-state index contributed by atoms with van der Waals surface area (Å²) in [4.78, 5) is 13.6. The van der Waals surface area contributed by atoms with Gasteiger partial charge in [0.15, 0.2) is 0 Å². The summed E-state index contributed by atoms with van der Waals surface area (Å²) in [5.74, 6) is -0.0493. The van der Waals surface area contributed by atoms with Gasteiger partial charge in [0.1, 0.15) is 0 Å². The quantitative estimate of drug-likeness (QED) is 0.802. The lowest BCUT2D eigenvalue weighted by Gasteiger charge is -2.15. The summed E-state index contributed by atoms with van der Waals surface area (Å²) >= 11 is 1.70. The van der Waals surface area contributed by atoms with Crippen molar-refractivity contribution in [1.82, 2.24) is 4.31 Å². The summed E-state index contributed by atoms with van der Waals surface area (Å²) in [7, 11) is -3.40. The van der Waals surface area contributed by atoms with E-state index >= 15 is 0 Å². The average molecular weight is 379 g/mol. The van der Waals surface area contributed by atoms with Crippen LogP contribution in [0.3, 0.4) is 0 Å². The van der Waals surface area contributed by atoms with E-state index in [0.717, 1.165) is 25.7 Å². The molecule has 0 radical (unpaired) electrons. The number of nitrogens with zero attached hydrogens (tertiary/aromatic N) is 1. The molecule has 1 N–H and O–H groups in total. The number of aryl methyl sites for hydroxylation is 1. The summed E-state index contributed by atoms with van der Waals surface area (Å²) in [5.41, 5.74) is 0.626. The molecule has 0 bridgehead atoms. The predicted octanol–water partition coefficient (Wildman–Crippen LogP) is 3.49. The summed E-state index contributed by atoms with van der Waals surface area (Å²) in [6, 6.07) is 10.5. The number of anilines is 1. The molecule has 1 aliphatic rings. The van der Waals surface area contributed by atoms with E-state index in [9.17, 15) is 13.2 Å². The van der Waals surface area contributed by atoms with Gasteiger partial charge in [-0.05, 0) is 61.4 Å². The summed E-state index contributed by atoms with van der Waals surface area (Å²) in [6.07, 6.45) is 3.98. The molecule has 2 aromatic rings. The molecule has 2 heterocycles. The number of carbonyl (C=O) groups excluding carboxylic acids is 1. The van der Waals surface area contributed by atoms with E-state index in [2.05, 4.69) is 11.4 Å². The molecule has 0 unspecified atom stereocenters. The van der Waals surface area contributed by atoms with Crippen molar-refractivity contribution in [2.45, 2.75) is 37.0 Å². The molecule has 0 spiro atoms. The van der Waals surface area contributed by atoms with Crippen molar-refractivity contribution in [3.8, 4) is 0 Å². The van der Waals surface area contributed by atoms with E-state index in [-0.39, 0.29) is 10.8 Å². The maximum absolute atomic E-state index is 12.5. The topological polar surface area (TPSA) is 66.5 Å². The molecule has 1 saturated heterocycles. The van der Waals surface area contributed by atoms with Crippen LogP contribution in [0.25, 0.3) is 0 Å². The number of hydrogen-bond acceptors (Lipinski definition) is 4. The molecule has 134 valence electrons. The molecular formula is C18H22N2O3S2. The zero-order chi connectivity index (χ0) is 17.7. The van der Waals surface area contributed by atoms with Crippen LogP contribution in [0.5, 0.6) is 0 Å². The molecule has 1 aromatic carbocycles. The van der Waals surface area contributed by atoms with Gasteiger partial charge >= 0.3 is 0 Å². The van der Waals surface area contributed by atoms with Crippen molar-refractivity contribution in [3.63, 3.8) is 0 Å². The molecule has 3 rings (SSSR count). The summed E-state index contributed by atoms with van der Waals surface area (Å²) in [5, 5.41) is 4.86.